The maximum atomic E-state index is 3.43. The molecule has 0 amide bonds. The van der Waals surface area contributed by atoms with Gasteiger partial charge in [0.05, 0.1) is 0 Å². The first-order chi connectivity index (χ1) is 7.66. The molecule has 0 fully saturated rings. The lowest BCUT2D eigenvalue weighted by Gasteiger charge is -2.11. The van der Waals surface area contributed by atoms with Gasteiger partial charge >= 0.3 is 0 Å². The van der Waals surface area contributed by atoms with Crippen molar-refractivity contribution in [2.45, 2.75) is 27.2 Å². The summed E-state index contributed by atoms with van der Waals surface area (Å²) in [6, 6.07) is 4.49. The molecular formula is C14H24N2. The summed E-state index contributed by atoms with van der Waals surface area (Å²) in [5.74, 6) is 0. The summed E-state index contributed by atoms with van der Waals surface area (Å²) in [7, 11) is 1.98. The molecule has 0 atom stereocenters. The van der Waals surface area contributed by atoms with Gasteiger partial charge in [0.1, 0.15) is 0 Å². The van der Waals surface area contributed by atoms with Crippen LogP contribution in [-0.4, -0.2) is 26.7 Å². The number of likely N-dealkylation sites (N-methyl/N-ethyl adjacent to an activating group) is 1. The minimum atomic E-state index is 1.03. The Bertz CT molecular complexity index is 332. The van der Waals surface area contributed by atoms with Crippen LogP contribution < -0.4 is 10.6 Å². The van der Waals surface area contributed by atoms with Crippen molar-refractivity contribution in [3.05, 3.63) is 34.4 Å². The summed E-state index contributed by atoms with van der Waals surface area (Å²) in [6.45, 7) is 9.75. The molecule has 0 aromatic heterocycles. The highest BCUT2D eigenvalue weighted by atomic mass is 14.9. The van der Waals surface area contributed by atoms with E-state index in [9.17, 15) is 0 Å². The molecule has 0 saturated carbocycles. The van der Waals surface area contributed by atoms with Gasteiger partial charge < -0.3 is 10.6 Å². The van der Waals surface area contributed by atoms with Gasteiger partial charge in [-0.05, 0) is 63.0 Å². The maximum Gasteiger partial charge on any atom is 0.00767 e. The normalized spacial score (nSPS) is 10.8. The van der Waals surface area contributed by atoms with E-state index in [-0.39, 0.29) is 0 Å². The molecule has 1 aromatic rings. The molecule has 0 heterocycles. The molecule has 0 aliphatic rings. The zero-order valence-electron chi connectivity index (χ0n) is 11.0. The first-order valence-corrected chi connectivity index (χ1v) is 6.07. The van der Waals surface area contributed by atoms with Gasteiger partial charge in [0.2, 0.25) is 0 Å². The number of rotatable bonds is 6. The van der Waals surface area contributed by atoms with Gasteiger partial charge in [-0.1, -0.05) is 12.1 Å². The van der Waals surface area contributed by atoms with E-state index in [2.05, 4.69) is 43.5 Å². The Morgan fingerprint density at radius 2 is 1.69 bits per heavy atom. The molecule has 2 N–H and O–H groups in total. The molecule has 0 aliphatic carbocycles. The minimum Gasteiger partial charge on any atom is -0.318 e. The molecule has 0 spiro atoms. The van der Waals surface area contributed by atoms with Crippen molar-refractivity contribution < 1.29 is 0 Å². The second-order valence-electron chi connectivity index (χ2n) is 4.40. The van der Waals surface area contributed by atoms with E-state index < -0.39 is 0 Å². The highest BCUT2D eigenvalue weighted by molar-refractivity contribution is 5.38. The van der Waals surface area contributed by atoms with Crippen LogP contribution >= 0.6 is 0 Å². The molecule has 0 unspecified atom stereocenters. The molecule has 0 bridgehead atoms. The zero-order valence-corrected chi connectivity index (χ0v) is 11.0. The Balaban J connectivity index is 2.45. The molecular weight excluding hydrogens is 196 g/mol. The van der Waals surface area contributed by atoms with Crippen LogP contribution in [0.1, 0.15) is 22.3 Å². The van der Waals surface area contributed by atoms with Crippen LogP contribution in [0.4, 0.5) is 0 Å². The lowest BCUT2D eigenvalue weighted by Crippen LogP contribution is -2.26. The van der Waals surface area contributed by atoms with Crippen molar-refractivity contribution in [3.8, 4) is 0 Å². The Hall–Kier alpha value is -0.860. The van der Waals surface area contributed by atoms with Crippen LogP contribution in [0.15, 0.2) is 12.1 Å². The molecule has 1 rings (SSSR count). The predicted octanol–water partition coefficient (Wildman–Crippen LogP) is 1.96. The van der Waals surface area contributed by atoms with Crippen molar-refractivity contribution in [1.82, 2.24) is 10.6 Å². The van der Waals surface area contributed by atoms with Crippen LogP contribution in [0.2, 0.25) is 0 Å². The van der Waals surface area contributed by atoms with E-state index in [0.717, 1.165) is 26.1 Å². The largest absolute Gasteiger partial charge is 0.318 e. The fraction of sp³-hybridized carbons (Fsp3) is 0.571. The lowest BCUT2D eigenvalue weighted by atomic mass is 9.97. The third-order valence-electron chi connectivity index (χ3n) is 3.29. The average Bonchev–Trinajstić information content (AvgIpc) is 2.28. The average molecular weight is 220 g/mol. The van der Waals surface area contributed by atoms with Crippen LogP contribution in [0.25, 0.3) is 0 Å². The van der Waals surface area contributed by atoms with Crippen LogP contribution in [0, 0.1) is 20.8 Å². The highest BCUT2D eigenvalue weighted by Crippen LogP contribution is 2.17. The van der Waals surface area contributed by atoms with E-state index in [1.54, 1.807) is 0 Å². The van der Waals surface area contributed by atoms with Gasteiger partial charge in [-0.25, -0.2) is 0 Å². The molecule has 2 heteroatoms. The number of hydrogen-bond acceptors (Lipinski definition) is 2. The van der Waals surface area contributed by atoms with E-state index in [1.165, 1.54) is 22.3 Å². The highest BCUT2D eigenvalue weighted by Gasteiger charge is 2.02. The second kappa shape index (κ2) is 6.66. The van der Waals surface area contributed by atoms with Crippen molar-refractivity contribution in [1.29, 1.82) is 0 Å². The number of hydrogen-bond donors (Lipinski definition) is 2. The van der Waals surface area contributed by atoms with E-state index in [4.69, 9.17) is 0 Å². The minimum absolute atomic E-state index is 1.03. The van der Waals surface area contributed by atoms with Crippen LogP contribution in [0.3, 0.4) is 0 Å². The first kappa shape index (κ1) is 13.2. The topological polar surface area (TPSA) is 24.1 Å². The van der Waals surface area contributed by atoms with Crippen LogP contribution in [-0.2, 0) is 6.42 Å². The van der Waals surface area contributed by atoms with Gasteiger partial charge in [-0.15, -0.1) is 0 Å². The number of benzene rings is 1. The smallest absolute Gasteiger partial charge is 0.00767 e. The Kier molecular flexibility index (Phi) is 5.50. The second-order valence-corrected chi connectivity index (χ2v) is 4.40. The zero-order chi connectivity index (χ0) is 12.0. The molecule has 0 radical (unpaired) electrons. The van der Waals surface area contributed by atoms with Gasteiger partial charge in [0, 0.05) is 13.1 Å². The quantitative estimate of drug-likeness (QED) is 0.716. The van der Waals surface area contributed by atoms with Crippen LogP contribution in [0.5, 0.6) is 0 Å². The molecule has 0 saturated heterocycles. The summed E-state index contributed by atoms with van der Waals surface area (Å²) in [5.41, 5.74) is 5.76. The van der Waals surface area contributed by atoms with Gasteiger partial charge in [0.25, 0.3) is 0 Å². The fourth-order valence-corrected chi connectivity index (χ4v) is 1.84. The third kappa shape index (κ3) is 3.62. The predicted molar refractivity (Wildman–Crippen MR) is 71.2 cm³/mol. The summed E-state index contributed by atoms with van der Waals surface area (Å²) in [6.07, 6.45) is 1.12. The van der Waals surface area contributed by atoms with Gasteiger partial charge in [-0.3, -0.25) is 0 Å². The third-order valence-corrected chi connectivity index (χ3v) is 3.29. The summed E-state index contributed by atoms with van der Waals surface area (Å²) in [4.78, 5) is 0. The summed E-state index contributed by atoms with van der Waals surface area (Å²) in [5, 5.41) is 6.57. The molecule has 1 aromatic carbocycles. The standard InChI is InChI=1S/C14H24N2/c1-11-5-6-14(13(3)12(11)2)7-8-16-10-9-15-4/h5-6,15-16H,7-10H2,1-4H3. The van der Waals surface area contributed by atoms with Crippen molar-refractivity contribution in [2.75, 3.05) is 26.7 Å². The Labute approximate surface area is 99.5 Å². The Morgan fingerprint density at radius 3 is 2.38 bits per heavy atom. The van der Waals surface area contributed by atoms with Gasteiger partial charge in [0.15, 0.2) is 0 Å². The SMILES string of the molecule is CNCCNCCc1ccc(C)c(C)c1C. The molecule has 16 heavy (non-hydrogen) atoms. The number of aryl methyl sites for hydroxylation is 1. The van der Waals surface area contributed by atoms with Crippen molar-refractivity contribution in [2.24, 2.45) is 0 Å². The Morgan fingerprint density at radius 1 is 0.938 bits per heavy atom. The summed E-state index contributed by atoms with van der Waals surface area (Å²) < 4.78 is 0. The fourth-order valence-electron chi connectivity index (χ4n) is 1.84. The molecule has 90 valence electrons. The lowest BCUT2D eigenvalue weighted by molar-refractivity contribution is 0.648. The van der Waals surface area contributed by atoms with Crippen molar-refractivity contribution in [3.63, 3.8) is 0 Å². The van der Waals surface area contributed by atoms with E-state index in [0.29, 0.717) is 0 Å². The molecule has 0 aliphatic heterocycles. The summed E-state index contributed by atoms with van der Waals surface area (Å²) >= 11 is 0. The van der Waals surface area contributed by atoms with Crippen molar-refractivity contribution >= 4 is 0 Å². The molecule has 2 nitrogen and oxygen atoms in total. The first-order valence-electron chi connectivity index (χ1n) is 6.07. The monoisotopic (exact) mass is 220 g/mol. The van der Waals surface area contributed by atoms with E-state index in [1.807, 2.05) is 7.05 Å². The van der Waals surface area contributed by atoms with Gasteiger partial charge in [-0.2, -0.15) is 0 Å². The maximum absolute atomic E-state index is 3.43. The van der Waals surface area contributed by atoms with E-state index >= 15 is 0 Å². The number of nitrogens with one attached hydrogen (secondary N) is 2.